The number of benzene rings is 2. The maximum atomic E-state index is 11.5. The normalized spacial score (nSPS) is 11.8. The van der Waals surface area contributed by atoms with E-state index in [1.54, 1.807) is 6.07 Å². The van der Waals surface area contributed by atoms with Gasteiger partial charge in [0.2, 0.25) is 5.13 Å². The Morgan fingerprint density at radius 3 is 2.64 bits per heavy atom. The molecule has 0 aliphatic heterocycles. The molecule has 3 rings (SSSR count). The van der Waals surface area contributed by atoms with Gasteiger partial charge in [0, 0.05) is 22.8 Å². The van der Waals surface area contributed by atoms with E-state index >= 15 is 0 Å². The van der Waals surface area contributed by atoms with Gasteiger partial charge in [-0.05, 0) is 12.1 Å². The van der Waals surface area contributed by atoms with Crippen LogP contribution in [0.15, 0.2) is 63.9 Å². The SMILES string of the molecule is CS(=O)(=O)c1ccc(C=NNc2nc(-c3ccccc3)cs2)c(Cl)c1. The summed E-state index contributed by atoms with van der Waals surface area (Å²) in [5.41, 5.74) is 5.38. The summed E-state index contributed by atoms with van der Waals surface area (Å²) >= 11 is 7.55. The molecular formula is C17H14ClN3O2S2. The van der Waals surface area contributed by atoms with Gasteiger partial charge in [-0.25, -0.2) is 13.4 Å². The molecule has 0 atom stereocenters. The average Bonchev–Trinajstić information content (AvgIpc) is 3.05. The molecule has 25 heavy (non-hydrogen) atoms. The van der Waals surface area contributed by atoms with Crippen LogP contribution in [0.1, 0.15) is 5.56 Å². The molecule has 128 valence electrons. The summed E-state index contributed by atoms with van der Waals surface area (Å²) in [5, 5.41) is 7.03. The van der Waals surface area contributed by atoms with Crippen molar-refractivity contribution in [1.82, 2.24) is 4.98 Å². The molecule has 2 aromatic carbocycles. The first-order chi connectivity index (χ1) is 11.9. The first-order valence-electron chi connectivity index (χ1n) is 7.23. The third-order valence-electron chi connectivity index (χ3n) is 3.34. The van der Waals surface area contributed by atoms with Gasteiger partial charge in [-0.1, -0.05) is 48.0 Å². The second-order valence-electron chi connectivity index (χ2n) is 5.23. The molecule has 1 N–H and O–H groups in total. The number of hydrogen-bond acceptors (Lipinski definition) is 6. The van der Waals surface area contributed by atoms with Crippen molar-refractivity contribution in [3.63, 3.8) is 0 Å². The molecule has 0 saturated heterocycles. The Hall–Kier alpha value is -2.22. The van der Waals surface area contributed by atoms with Crippen molar-refractivity contribution in [3.05, 3.63) is 64.5 Å². The molecule has 0 radical (unpaired) electrons. The van der Waals surface area contributed by atoms with Crippen molar-refractivity contribution in [1.29, 1.82) is 0 Å². The Morgan fingerprint density at radius 2 is 1.96 bits per heavy atom. The maximum absolute atomic E-state index is 11.5. The second kappa shape index (κ2) is 7.35. The fraction of sp³-hybridized carbons (Fsp3) is 0.0588. The zero-order chi connectivity index (χ0) is 17.9. The summed E-state index contributed by atoms with van der Waals surface area (Å²) in [4.78, 5) is 4.64. The molecule has 3 aromatic rings. The molecule has 0 bridgehead atoms. The second-order valence-corrected chi connectivity index (χ2v) is 8.51. The minimum atomic E-state index is -3.28. The molecule has 0 aliphatic rings. The first-order valence-corrected chi connectivity index (χ1v) is 10.4. The highest BCUT2D eigenvalue weighted by Gasteiger charge is 2.09. The highest BCUT2D eigenvalue weighted by atomic mass is 35.5. The summed E-state index contributed by atoms with van der Waals surface area (Å²) in [6.45, 7) is 0. The number of anilines is 1. The van der Waals surface area contributed by atoms with Crippen molar-refractivity contribution in [2.24, 2.45) is 5.10 Å². The zero-order valence-corrected chi connectivity index (χ0v) is 15.6. The van der Waals surface area contributed by atoms with E-state index in [0.717, 1.165) is 17.5 Å². The van der Waals surface area contributed by atoms with E-state index in [-0.39, 0.29) is 4.90 Å². The van der Waals surface area contributed by atoms with Gasteiger partial charge in [0.05, 0.1) is 21.8 Å². The van der Waals surface area contributed by atoms with Crippen LogP contribution in [-0.4, -0.2) is 25.9 Å². The van der Waals surface area contributed by atoms with Gasteiger partial charge in [0.25, 0.3) is 0 Å². The molecule has 0 aliphatic carbocycles. The first kappa shape index (κ1) is 17.6. The summed E-state index contributed by atoms with van der Waals surface area (Å²) in [5.74, 6) is 0. The van der Waals surface area contributed by atoms with E-state index in [0.29, 0.717) is 15.7 Å². The Labute approximate surface area is 154 Å². The molecule has 1 aromatic heterocycles. The Morgan fingerprint density at radius 1 is 1.20 bits per heavy atom. The number of halogens is 1. The van der Waals surface area contributed by atoms with E-state index in [1.165, 1.54) is 29.7 Å². The van der Waals surface area contributed by atoms with Gasteiger partial charge in [0.15, 0.2) is 9.84 Å². The maximum Gasteiger partial charge on any atom is 0.203 e. The van der Waals surface area contributed by atoms with Crippen LogP contribution in [0.2, 0.25) is 5.02 Å². The summed E-state index contributed by atoms with van der Waals surface area (Å²) in [6.07, 6.45) is 2.67. The molecule has 1 heterocycles. The molecule has 0 spiro atoms. The van der Waals surface area contributed by atoms with Crippen molar-refractivity contribution in [3.8, 4) is 11.3 Å². The number of thiazole rings is 1. The number of aromatic nitrogens is 1. The third-order valence-corrected chi connectivity index (χ3v) is 5.52. The smallest absolute Gasteiger partial charge is 0.203 e. The number of hydrazone groups is 1. The third kappa shape index (κ3) is 4.45. The Balaban J connectivity index is 1.71. The monoisotopic (exact) mass is 391 g/mol. The lowest BCUT2D eigenvalue weighted by Crippen LogP contribution is -1.98. The molecular weight excluding hydrogens is 378 g/mol. The van der Waals surface area contributed by atoms with E-state index < -0.39 is 9.84 Å². The highest BCUT2D eigenvalue weighted by Crippen LogP contribution is 2.24. The predicted octanol–water partition coefficient (Wildman–Crippen LogP) is 4.31. The lowest BCUT2D eigenvalue weighted by Gasteiger charge is -2.02. The average molecular weight is 392 g/mol. The number of nitrogens with zero attached hydrogens (tertiary/aromatic N) is 2. The lowest BCUT2D eigenvalue weighted by atomic mass is 10.2. The van der Waals surface area contributed by atoms with Crippen LogP contribution in [0.3, 0.4) is 0 Å². The van der Waals surface area contributed by atoms with Gasteiger partial charge in [-0.15, -0.1) is 11.3 Å². The molecule has 5 nitrogen and oxygen atoms in total. The summed E-state index contributed by atoms with van der Waals surface area (Å²) in [6, 6.07) is 14.4. The van der Waals surface area contributed by atoms with Crippen molar-refractivity contribution in [2.45, 2.75) is 4.90 Å². The number of sulfone groups is 1. The predicted molar refractivity (Wildman–Crippen MR) is 103 cm³/mol. The standard InChI is InChI=1S/C17H14ClN3O2S2/c1-25(22,23)14-8-7-13(15(18)9-14)10-19-21-17-20-16(11-24-17)12-5-3-2-4-6-12/h2-11H,1H3,(H,20,21). The van der Waals surface area contributed by atoms with Crippen molar-refractivity contribution in [2.75, 3.05) is 11.7 Å². The van der Waals surface area contributed by atoms with E-state index in [9.17, 15) is 8.42 Å². The van der Waals surface area contributed by atoms with Crippen LogP contribution in [-0.2, 0) is 9.84 Å². The highest BCUT2D eigenvalue weighted by molar-refractivity contribution is 7.90. The van der Waals surface area contributed by atoms with Gasteiger partial charge in [0.1, 0.15) is 0 Å². The molecule has 0 fully saturated rings. The quantitative estimate of drug-likeness (QED) is 0.519. The van der Waals surface area contributed by atoms with E-state index in [1.807, 2.05) is 35.7 Å². The van der Waals surface area contributed by atoms with Gasteiger partial charge in [-0.2, -0.15) is 5.10 Å². The molecule has 8 heteroatoms. The molecule has 0 amide bonds. The largest absolute Gasteiger partial charge is 0.253 e. The lowest BCUT2D eigenvalue weighted by molar-refractivity contribution is 0.602. The van der Waals surface area contributed by atoms with Crippen molar-refractivity contribution < 1.29 is 8.42 Å². The summed E-state index contributed by atoms with van der Waals surface area (Å²) in [7, 11) is -3.28. The zero-order valence-electron chi connectivity index (χ0n) is 13.2. The molecule has 0 saturated carbocycles. The Kier molecular flexibility index (Phi) is 5.17. The van der Waals surface area contributed by atoms with Crippen LogP contribution in [0.25, 0.3) is 11.3 Å². The minimum Gasteiger partial charge on any atom is -0.253 e. The Bertz CT molecular complexity index is 1020. The number of rotatable bonds is 5. The fourth-order valence-corrected chi connectivity index (χ4v) is 3.68. The molecule has 0 unspecified atom stereocenters. The van der Waals surface area contributed by atoms with Crippen LogP contribution in [0.4, 0.5) is 5.13 Å². The minimum absolute atomic E-state index is 0.176. The van der Waals surface area contributed by atoms with Crippen LogP contribution in [0.5, 0.6) is 0 Å². The topological polar surface area (TPSA) is 71.4 Å². The van der Waals surface area contributed by atoms with E-state index in [4.69, 9.17) is 11.6 Å². The van der Waals surface area contributed by atoms with E-state index in [2.05, 4.69) is 15.5 Å². The van der Waals surface area contributed by atoms with Crippen molar-refractivity contribution >= 4 is 44.1 Å². The number of nitrogens with one attached hydrogen (secondary N) is 1. The van der Waals surface area contributed by atoms with Crippen LogP contribution in [0, 0.1) is 0 Å². The fourth-order valence-electron chi connectivity index (χ4n) is 2.07. The van der Waals surface area contributed by atoms with Gasteiger partial charge in [-0.3, -0.25) is 5.43 Å². The number of hydrogen-bond donors (Lipinski definition) is 1. The van der Waals surface area contributed by atoms with Gasteiger partial charge >= 0.3 is 0 Å². The summed E-state index contributed by atoms with van der Waals surface area (Å²) < 4.78 is 23.0. The van der Waals surface area contributed by atoms with Crippen LogP contribution >= 0.6 is 22.9 Å². The van der Waals surface area contributed by atoms with Crippen LogP contribution < -0.4 is 5.43 Å². The van der Waals surface area contributed by atoms with Gasteiger partial charge < -0.3 is 0 Å².